The Balaban J connectivity index is 1.84. The molecule has 2 aromatic carbocycles. The summed E-state index contributed by atoms with van der Waals surface area (Å²) in [6.45, 7) is 11.8. The van der Waals surface area contributed by atoms with Crippen molar-refractivity contribution in [3.8, 4) is 0 Å². The van der Waals surface area contributed by atoms with Gasteiger partial charge in [0, 0.05) is 18.8 Å². The highest BCUT2D eigenvalue weighted by Crippen LogP contribution is 2.35. The summed E-state index contributed by atoms with van der Waals surface area (Å²) in [5.41, 5.74) is 1.65. The van der Waals surface area contributed by atoms with Crippen molar-refractivity contribution in [3.05, 3.63) is 103 Å². The molecule has 0 fully saturated rings. The number of ether oxygens (including phenoxy) is 1. The van der Waals surface area contributed by atoms with Crippen molar-refractivity contribution in [1.82, 2.24) is 24.4 Å². The number of nitrogens with zero attached hydrogens (tertiary/aromatic N) is 4. The van der Waals surface area contributed by atoms with Gasteiger partial charge in [-0.25, -0.2) is 9.59 Å². The minimum absolute atomic E-state index is 0.134. The van der Waals surface area contributed by atoms with Crippen LogP contribution in [0.2, 0.25) is 15.1 Å². The zero-order valence-electron chi connectivity index (χ0n) is 26.2. The number of fused-ring (bicyclic) bond motifs is 1. The molecule has 1 atom stereocenters. The molecule has 12 heteroatoms. The van der Waals surface area contributed by atoms with Crippen molar-refractivity contribution in [3.63, 3.8) is 0 Å². The Hall–Kier alpha value is -3.53. The number of aromatic nitrogens is 3. The molecule has 0 bridgehead atoms. The summed E-state index contributed by atoms with van der Waals surface area (Å²) in [6.07, 6.45) is -0.157. The van der Waals surface area contributed by atoms with E-state index >= 15 is 0 Å². The lowest BCUT2D eigenvalue weighted by Gasteiger charge is -2.36. The molecule has 0 aliphatic rings. The van der Waals surface area contributed by atoms with Gasteiger partial charge in [-0.05, 0) is 63.8 Å². The van der Waals surface area contributed by atoms with E-state index in [1.807, 2.05) is 50.2 Å². The molecule has 4 aromatic rings. The summed E-state index contributed by atoms with van der Waals surface area (Å²) in [4.78, 5) is 42.4. The van der Waals surface area contributed by atoms with Gasteiger partial charge in [0.05, 0.1) is 44.4 Å². The van der Waals surface area contributed by atoms with Gasteiger partial charge in [0.15, 0.2) is 0 Å². The van der Waals surface area contributed by atoms with Gasteiger partial charge in [0.25, 0.3) is 5.91 Å². The van der Waals surface area contributed by atoms with Crippen LogP contribution in [0.1, 0.15) is 74.4 Å². The molecule has 240 valence electrons. The lowest BCUT2D eigenvalue weighted by Crippen LogP contribution is -2.43. The first kappa shape index (κ1) is 34.3. The number of aryl methyl sites for hydroxylation is 1. The quantitative estimate of drug-likeness (QED) is 0.175. The van der Waals surface area contributed by atoms with Gasteiger partial charge in [0.2, 0.25) is 0 Å². The third-order valence-corrected chi connectivity index (χ3v) is 8.46. The maximum atomic E-state index is 14.4. The van der Waals surface area contributed by atoms with Crippen LogP contribution in [0, 0.1) is 12.8 Å². The predicted octanol–water partition coefficient (Wildman–Crippen LogP) is 7.57. The van der Waals surface area contributed by atoms with E-state index in [2.05, 4.69) is 10.4 Å². The maximum Gasteiger partial charge on any atom is 0.407 e. The van der Waals surface area contributed by atoms with Crippen molar-refractivity contribution in [1.29, 1.82) is 0 Å². The summed E-state index contributed by atoms with van der Waals surface area (Å²) < 4.78 is 8.29. The Morgan fingerprint density at radius 1 is 1.02 bits per heavy atom. The van der Waals surface area contributed by atoms with Crippen LogP contribution >= 0.6 is 34.8 Å². The molecule has 0 aliphatic heterocycles. The van der Waals surface area contributed by atoms with Gasteiger partial charge in [-0.15, -0.1) is 0 Å². The number of carbonyl (C=O) groups is 2. The standard InChI is InChI=1S/C33H38Cl3N5O4/c1-20(2)29(26-18-25-27(35)21(3)38-41(25)32(44)40(26)19-22-12-8-7-9-13-22)39(17-11-16-37-31(43)45-33(4,5)6)30(42)23-14-10-15-24(34)28(23)36/h7-10,12-15,18,20,29H,11,16-17,19H2,1-6H3,(H,37,43)/t29-/m1/s1. The molecule has 45 heavy (non-hydrogen) atoms. The monoisotopic (exact) mass is 673 g/mol. The highest BCUT2D eigenvalue weighted by atomic mass is 35.5. The van der Waals surface area contributed by atoms with Crippen LogP contribution in [0.4, 0.5) is 4.79 Å². The lowest BCUT2D eigenvalue weighted by molar-refractivity contribution is 0.0520. The van der Waals surface area contributed by atoms with Crippen LogP contribution in [0.3, 0.4) is 0 Å². The highest BCUT2D eigenvalue weighted by Gasteiger charge is 2.33. The number of benzene rings is 2. The number of hydrogen-bond acceptors (Lipinski definition) is 5. The SMILES string of the molecule is Cc1nn2c(=O)n(Cc3ccccc3)c([C@@H](C(C)C)N(CCCNC(=O)OC(C)(C)C)C(=O)c3cccc(Cl)c3Cl)cc2c1Cl. The summed E-state index contributed by atoms with van der Waals surface area (Å²) in [6, 6.07) is 15.7. The van der Waals surface area contributed by atoms with Crippen LogP contribution in [0.15, 0.2) is 59.4 Å². The number of rotatable bonds is 10. The Bertz CT molecular complexity index is 1750. The van der Waals surface area contributed by atoms with Crippen LogP contribution in [0.25, 0.3) is 5.52 Å². The van der Waals surface area contributed by atoms with E-state index in [0.29, 0.717) is 28.3 Å². The molecular formula is C33H38Cl3N5O4. The average molecular weight is 675 g/mol. The summed E-state index contributed by atoms with van der Waals surface area (Å²) in [7, 11) is 0. The zero-order chi connectivity index (χ0) is 33.1. The Morgan fingerprint density at radius 2 is 1.71 bits per heavy atom. The van der Waals surface area contributed by atoms with Gasteiger partial charge in [-0.2, -0.15) is 9.61 Å². The van der Waals surface area contributed by atoms with Crippen molar-refractivity contribution in [2.45, 2.75) is 66.2 Å². The molecule has 2 heterocycles. The van der Waals surface area contributed by atoms with Crippen LogP contribution < -0.4 is 11.0 Å². The van der Waals surface area contributed by atoms with Gasteiger partial charge >= 0.3 is 11.8 Å². The minimum Gasteiger partial charge on any atom is -0.444 e. The smallest absolute Gasteiger partial charge is 0.407 e. The number of carbonyl (C=O) groups excluding carboxylic acids is 2. The maximum absolute atomic E-state index is 14.4. The average Bonchev–Trinajstić information content (AvgIpc) is 3.25. The number of halogens is 3. The second-order valence-electron chi connectivity index (χ2n) is 12.2. The first-order valence-electron chi connectivity index (χ1n) is 14.7. The second-order valence-corrected chi connectivity index (χ2v) is 13.4. The molecular weight excluding hydrogens is 637 g/mol. The van der Waals surface area contributed by atoms with Gasteiger partial charge < -0.3 is 15.0 Å². The Kier molecular flexibility index (Phi) is 10.9. The molecule has 0 unspecified atom stereocenters. The summed E-state index contributed by atoms with van der Waals surface area (Å²) in [5, 5.41) is 7.90. The fourth-order valence-corrected chi connectivity index (χ4v) is 5.77. The minimum atomic E-state index is -0.646. The molecule has 2 aromatic heterocycles. The van der Waals surface area contributed by atoms with Crippen molar-refractivity contribution in [2.24, 2.45) is 5.92 Å². The lowest BCUT2D eigenvalue weighted by atomic mass is 9.96. The van der Waals surface area contributed by atoms with E-state index in [1.165, 1.54) is 4.52 Å². The molecule has 0 radical (unpaired) electrons. The molecule has 2 amide bonds. The second kappa shape index (κ2) is 14.3. The molecule has 0 saturated carbocycles. The van der Waals surface area contributed by atoms with Crippen molar-refractivity contribution in [2.75, 3.05) is 13.1 Å². The van der Waals surface area contributed by atoms with E-state index in [0.717, 1.165) is 5.56 Å². The fourth-order valence-electron chi connectivity index (χ4n) is 5.21. The normalized spacial score (nSPS) is 12.4. The zero-order valence-corrected chi connectivity index (χ0v) is 28.5. The van der Waals surface area contributed by atoms with E-state index in [1.54, 1.807) is 55.4 Å². The number of hydrogen-bond donors (Lipinski definition) is 1. The van der Waals surface area contributed by atoms with Crippen LogP contribution in [0.5, 0.6) is 0 Å². The van der Waals surface area contributed by atoms with Crippen LogP contribution in [-0.2, 0) is 11.3 Å². The van der Waals surface area contributed by atoms with Crippen molar-refractivity contribution < 1.29 is 14.3 Å². The Labute approximate surface area is 278 Å². The van der Waals surface area contributed by atoms with Crippen molar-refractivity contribution >= 4 is 52.3 Å². The molecule has 1 N–H and O–H groups in total. The summed E-state index contributed by atoms with van der Waals surface area (Å²) in [5.74, 6) is -0.537. The van der Waals surface area contributed by atoms with E-state index < -0.39 is 17.7 Å². The van der Waals surface area contributed by atoms with E-state index in [9.17, 15) is 14.4 Å². The van der Waals surface area contributed by atoms with Gasteiger partial charge in [0.1, 0.15) is 5.60 Å². The largest absolute Gasteiger partial charge is 0.444 e. The number of alkyl carbamates (subject to hydrolysis) is 1. The molecule has 0 spiro atoms. The van der Waals surface area contributed by atoms with E-state index in [-0.39, 0.29) is 52.8 Å². The van der Waals surface area contributed by atoms with E-state index in [4.69, 9.17) is 39.5 Å². The number of amides is 2. The third kappa shape index (κ3) is 8.01. The van der Waals surface area contributed by atoms with Gasteiger partial charge in [-0.3, -0.25) is 9.36 Å². The Morgan fingerprint density at radius 3 is 2.36 bits per heavy atom. The number of nitrogens with one attached hydrogen (secondary N) is 1. The first-order valence-corrected chi connectivity index (χ1v) is 15.9. The fraction of sp³-hybridized carbons (Fsp3) is 0.394. The van der Waals surface area contributed by atoms with Gasteiger partial charge in [-0.1, -0.05) is 85.0 Å². The highest BCUT2D eigenvalue weighted by molar-refractivity contribution is 6.43. The summed E-state index contributed by atoms with van der Waals surface area (Å²) >= 11 is 19.5. The molecule has 0 aliphatic carbocycles. The first-order chi connectivity index (χ1) is 21.2. The molecule has 9 nitrogen and oxygen atoms in total. The molecule has 0 saturated heterocycles. The molecule has 4 rings (SSSR count). The predicted molar refractivity (Wildman–Crippen MR) is 179 cm³/mol. The topological polar surface area (TPSA) is 97.9 Å². The third-order valence-electron chi connectivity index (χ3n) is 7.17. The van der Waals surface area contributed by atoms with Crippen LogP contribution in [-0.4, -0.2) is 49.8 Å².